The normalized spacial score (nSPS) is 10.8. The van der Waals surface area contributed by atoms with Crippen molar-refractivity contribution in [2.24, 2.45) is 0 Å². The highest BCUT2D eigenvalue weighted by Crippen LogP contribution is 2.26. The largest absolute Gasteiger partial charge is 0.352 e. The molecule has 0 aliphatic rings. The first-order valence-electron chi connectivity index (χ1n) is 6.52. The first kappa shape index (κ1) is 17.4. The van der Waals surface area contributed by atoms with Gasteiger partial charge in [0.05, 0.1) is 21.3 Å². The van der Waals surface area contributed by atoms with Gasteiger partial charge in [0.2, 0.25) is 0 Å². The lowest BCUT2D eigenvalue weighted by Gasteiger charge is -2.08. The van der Waals surface area contributed by atoms with Crippen LogP contribution in [0.4, 0.5) is 0 Å². The van der Waals surface area contributed by atoms with Gasteiger partial charge in [-0.2, -0.15) is 5.10 Å². The zero-order valence-corrected chi connectivity index (χ0v) is 14.7. The van der Waals surface area contributed by atoms with Gasteiger partial charge >= 0.3 is 0 Å². The number of amides is 1. The monoisotopic (exact) mass is 379 g/mol. The molecule has 22 heavy (non-hydrogen) atoms. The van der Waals surface area contributed by atoms with Crippen molar-refractivity contribution in [1.29, 1.82) is 0 Å². The SMILES string of the molecule is Cc1nn(CCCNC(=O)c2cccc(Cl)c2Cl)c(Cl)c1Cl. The molecule has 0 atom stereocenters. The van der Waals surface area contributed by atoms with Crippen LogP contribution >= 0.6 is 46.4 Å². The zero-order valence-electron chi connectivity index (χ0n) is 11.7. The molecule has 1 amide bonds. The van der Waals surface area contributed by atoms with Gasteiger partial charge < -0.3 is 5.32 Å². The van der Waals surface area contributed by atoms with Crippen LogP contribution in [0.25, 0.3) is 0 Å². The average Bonchev–Trinajstić information content (AvgIpc) is 2.73. The van der Waals surface area contributed by atoms with E-state index in [1.54, 1.807) is 29.8 Å². The van der Waals surface area contributed by atoms with E-state index in [2.05, 4.69) is 10.4 Å². The number of nitrogens with zero attached hydrogens (tertiary/aromatic N) is 2. The minimum absolute atomic E-state index is 0.249. The number of benzene rings is 1. The third-order valence-corrected chi connectivity index (χ3v) is 4.78. The number of carbonyl (C=O) groups excluding carboxylic acids is 1. The van der Waals surface area contributed by atoms with Crippen LogP contribution in [-0.2, 0) is 6.54 Å². The van der Waals surface area contributed by atoms with E-state index in [1.807, 2.05) is 0 Å². The smallest absolute Gasteiger partial charge is 0.252 e. The first-order chi connectivity index (χ1) is 10.4. The molecule has 4 nitrogen and oxygen atoms in total. The molecule has 118 valence electrons. The lowest BCUT2D eigenvalue weighted by Crippen LogP contribution is -2.25. The molecular formula is C14H13Cl4N3O. The number of halogens is 4. The summed E-state index contributed by atoms with van der Waals surface area (Å²) in [5.74, 6) is -0.270. The summed E-state index contributed by atoms with van der Waals surface area (Å²) < 4.78 is 1.61. The fraction of sp³-hybridized carbons (Fsp3) is 0.286. The van der Waals surface area contributed by atoms with E-state index in [0.29, 0.717) is 46.0 Å². The van der Waals surface area contributed by atoms with E-state index in [-0.39, 0.29) is 10.9 Å². The molecule has 0 bridgehead atoms. The molecule has 1 N–H and O–H groups in total. The highest BCUT2D eigenvalue weighted by molar-refractivity contribution is 6.44. The molecule has 2 rings (SSSR count). The number of aryl methyl sites for hydroxylation is 2. The lowest BCUT2D eigenvalue weighted by atomic mass is 10.2. The van der Waals surface area contributed by atoms with Crippen molar-refractivity contribution < 1.29 is 4.79 Å². The molecule has 0 aliphatic carbocycles. The van der Waals surface area contributed by atoms with Gasteiger partial charge in [0.25, 0.3) is 5.91 Å². The Morgan fingerprint density at radius 2 is 1.95 bits per heavy atom. The Morgan fingerprint density at radius 3 is 2.59 bits per heavy atom. The fourth-order valence-electron chi connectivity index (χ4n) is 1.88. The average molecular weight is 381 g/mol. The number of aromatic nitrogens is 2. The van der Waals surface area contributed by atoms with E-state index in [4.69, 9.17) is 46.4 Å². The topological polar surface area (TPSA) is 46.9 Å². The first-order valence-corrected chi connectivity index (χ1v) is 8.03. The summed E-state index contributed by atoms with van der Waals surface area (Å²) in [7, 11) is 0. The van der Waals surface area contributed by atoms with E-state index in [9.17, 15) is 4.79 Å². The Labute approximate surface area is 148 Å². The van der Waals surface area contributed by atoms with E-state index < -0.39 is 0 Å². The predicted molar refractivity (Wildman–Crippen MR) is 90.4 cm³/mol. The van der Waals surface area contributed by atoms with E-state index >= 15 is 0 Å². The van der Waals surface area contributed by atoms with Crippen LogP contribution in [0.2, 0.25) is 20.2 Å². The minimum Gasteiger partial charge on any atom is -0.352 e. The maximum atomic E-state index is 12.0. The highest BCUT2D eigenvalue weighted by atomic mass is 35.5. The fourth-order valence-corrected chi connectivity index (χ4v) is 2.67. The van der Waals surface area contributed by atoms with Crippen LogP contribution in [0.3, 0.4) is 0 Å². The molecule has 0 fully saturated rings. The van der Waals surface area contributed by atoms with Crippen molar-refractivity contribution in [3.05, 3.63) is 49.7 Å². The third kappa shape index (κ3) is 3.87. The summed E-state index contributed by atoms with van der Waals surface area (Å²) in [4.78, 5) is 12.0. The van der Waals surface area contributed by atoms with E-state index in [0.717, 1.165) is 0 Å². The third-order valence-electron chi connectivity index (χ3n) is 3.02. The van der Waals surface area contributed by atoms with Gasteiger partial charge in [-0.3, -0.25) is 9.48 Å². The number of hydrogen-bond acceptors (Lipinski definition) is 2. The van der Waals surface area contributed by atoms with Crippen LogP contribution < -0.4 is 5.32 Å². The summed E-state index contributed by atoms with van der Waals surface area (Å²) in [5, 5.41) is 8.45. The van der Waals surface area contributed by atoms with Gasteiger partial charge in [0, 0.05) is 13.1 Å². The lowest BCUT2D eigenvalue weighted by molar-refractivity contribution is 0.0952. The van der Waals surface area contributed by atoms with Crippen LogP contribution in [0, 0.1) is 6.92 Å². The molecule has 8 heteroatoms. The maximum Gasteiger partial charge on any atom is 0.252 e. The van der Waals surface area contributed by atoms with Crippen molar-refractivity contribution >= 4 is 52.3 Å². The number of rotatable bonds is 5. The molecule has 0 saturated carbocycles. The van der Waals surface area contributed by atoms with Gasteiger partial charge in [-0.1, -0.05) is 52.5 Å². The molecule has 0 unspecified atom stereocenters. The van der Waals surface area contributed by atoms with Crippen molar-refractivity contribution in [3.63, 3.8) is 0 Å². The molecule has 0 aliphatic heterocycles. The molecule has 1 aromatic carbocycles. The Hall–Kier alpha value is -0.940. The second-order valence-electron chi connectivity index (χ2n) is 4.62. The van der Waals surface area contributed by atoms with Gasteiger partial charge in [-0.15, -0.1) is 0 Å². The number of nitrogens with one attached hydrogen (secondary N) is 1. The molecule has 0 radical (unpaired) electrons. The minimum atomic E-state index is -0.270. The Balaban J connectivity index is 1.87. The molecule has 1 heterocycles. The zero-order chi connectivity index (χ0) is 16.3. The van der Waals surface area contributed by atoms with E-state index in [1.165, 1.54) is 0 Å². The standard InChI is InChI=1S/C14H13Cl4N3O/c1-8-11(16)13(18)21(20-8)7-3-6-19-14(22)9-4-2-5-10(15)12(9)17/h2,4-5H,3,6-7H2,1H3,(H,19,22). The molecule has 0 spiro atoms. The second kappa shape index (κ2) is 7.55. The number of carbonyl (C=O) groups is 1. The molecule has 1 aromatic heterocycles. The van der Waals surface area contributed by atoms with Gasteiger partial charge in [0.1, 0.15) is 10.2 Å². The van der Waals surface area contributed by atoms with Crippen molar-refractivity contribution in [1.82, 2.24) is 15.1 Å². The Morgan fingerprint density at radius 1 is 1.23 bits per heavy atom. The van der Waals surface area contributed by atoms with Crippen LogP contribution in [0.1, 0.15) is 22.5 Å². The van der Waals surface area contributed by atoms with Crippen LogP contribution in [-0.4, -0.2) is 22.2 Å². The van der Waals surface area contributed by atoms with Crippen molar-refractivity contribution in [2.45, 2.75) is 19.9 Å². The predicted octanol–water partition coefficient (Wildman–Crippen LogP) is 4.63. The maximum absolute atomic E-state index is 12.0. The van der Waals surface area contributed by atoms with Gasteiger partial charge in [-0.05, 0) is 25.5 Å². The highest BCUT2D eigenvalue weighted by Gasteiger charge is 2.13. The van der Waals surface area contributed by atoms with Gasteiger partial charge in [-0.25, -0.2) is 0 Å². The summed E-state index contributed by atoms with van der Waals surface area (Å²) in [5.41, 5.74) is 1.03. The molecule has 0 saturated heterocycles. The summed E-state index contributed by atoms with van der Waals surface area (Å²) in [6.45, 7) is 2.79. The molecular weight excluding hydrogens is 368 g/mol. The summed E-state index contributed by atoms with van der Waals surface area (Å²) in [6, 6.07) is 4.93. The Bertz CT molecular complexity index is 700. The Kier molecular flexibility index (Phi) is 5.98. The second-order valence-corrected chi connectivity index (χ2v) is 6.15. The summed E-state index contributed by atoms with van der Waals surface area (Å²) in [6.07, 6.45) is 0.654. The van der Waals surface area contributed by atoms with Crippen LogP contribution in [0.15, 0.2) is 18.2 Å². The van der Waals surface area contributed by atoms with Crippen molar-refractivity contribution in [2.75, 3.05) is 6.54 Å². The number of hydrogen-bond donors (Lipinski definition) is 1. The van der Waals surface area contributed by atoms with Gasteiger partial charge in [0.15, 0.2) is 0 Å². The summed E-state index contributed by atoms with van der Waals surface area (Å²) >= 11 is 23.9. The van der Waals surface area contributed by atoms with Crippen LogP contribution in [0.5, 0.6) is 0 Å². The molecule has 2 aromatic rings. The quantitative estimate of drug-likeness (QED) is 0.769. The van der Waals surface area contributed by atoms with Crippen molar-refractivity contribution in [3.8, 4) is 0 Å².